The number of rotatable bonds is 2. The number of nitrogen functional groups attached to an aromatic ring is 1. The summed E-state index contributed by atoms with van der Waals surface area (Å²) in [5.41, 5.74) is 9.11. The van der Waals surface area contributed by atoms with Crippen LogP contribution in [0, 0.1) is 0 Å². The molecule has 90 valence electrons. The molecule has 0 radical (unpaired) electrons. The maximum Gasteiger partial charge on any atom is 0.152 e. The summed E-state index contributed by atoms with van der Waals surface area (Å²) in [7, 11) is 0. The number of ether oxygens (including phenoxy) is 1. The fourth-order valence-electron chi connectivity index (χ4n) is 1.67. The molecule has 0 unspecified atom stereocenters. The molecule has 5 heteroatoms. The van der Waals surface area contributed by atoms with Crippen molar-refractivity contribution in [1.29, 1.82) is 0 Å². The fourth-order valence-corrected chi connectivity index (χ4v) is 2.54. The van der Waals surface area contributed by atoms with Crippen LogP contribution in [0.3, 0.4) is 0 Å². The van der Waals surface area contributed by atoms with Crippen molar-refractivity contribution in [2.45, 2.75) is 0 Å². The van der Waals surface area contributed by atoms with Gasteiger partial charge in [0, 0.05) is 0 Å². The molecular formula is C13H9ClN2OS. The maximum absolute atomic E-state index is 6.04. The topological polar surface area (TPSA) is 48.1 Å². The van der Waals surface area contributed by atoms with Crippen molar-refractivity contribution < 1.29 is 4.74 Å². The van der Waals surface area contributed by atoms with Crippen molar-refractivity contribution in [2.24, 2.45) is 0 Å². The van der Waals surface area contributed by atoms with Gasteiger partial charge in [-0.2, -0.15) is 0 Å². The maximum atomic E-state index is 6.04. The van der Waals surface area contributed by atoms with Crippen LogP contribution in [-0.4, -0.2) is 4.98 Å². The molecule has 0 bridgehead atoms. The van der Waals surface area contributed by atoms with Crippen LogP contribution in [0.5, 0.6) is 11.5 Å². The first kappa shape index (κ1) is 11.3. The summed E-state index contributed by atoms with van der Waals surface area (Å²) in [5.74, 6) is 1.15. The Labute approximate surface area is 113 Å². The van der Waals surface area contributed by atoms with Gasteiger partial charge in [-0.15, -0.1) is 11.3 Å². The number of anilines is 1. The number of nitrogens with zero attached hydrogens (tertiary/aromatic N) is 1. The van der Waals surface area contributed by atoms with Crippen LogP contribution < -0.4 is 10.5 Å². The predicted molar refractivity (Wildman–Crippen MR) is 75.6 cm³/mol. The first-order valence-corrected chi connectivity index (χ1v) is 6.55. The van der Waals surface area contributed by atoms with Crippen molar-refractivity contribution in [3.05, 3.63) is 46.9 Å². The molecule has 2 aromatic carbocycles. The normalized spacial score (nSPS) is 10.7. The van der Waals surface area contributed by atoms with E-state index in [9.17, 15) is 0 Å². The zero-order valence-electron chi connectivity index (χ0n) is 9.26. The third kappa shape index (κ3) is 1.89. The number of hydrogen-bond acceptors (Lipinski definition) is 4. The van der Waals surface area contributed by atoms with Crippen LogP contribution >= 0.6 is 22.9 Å². The Morgan fingerprint density at radius 1 is 1.11 bits per heavy atom. The highest BCUT2D eigenvalue weighted by Gasteiger charge is 2.10. The van der Waals surface area contributed by atoms with Crippen molar-refractivity contribution in [3.63, 3.8) is 0 Å². The zero-order valence-corrected chi connectivity index (χ0v) is 10.8. The van der Waals surface area contributed by atoms with Crippen molar-refractivity contribution in [2.75, 3.05) is 5.73 Å². The minimum Gasteiger partial charge on any atom is -0.454 e. The number of nitrogens with two attached hydrogens (primary N) is 1. The van der Waals surface area contributed by atoms with Gasteiger partial charge in [0.1, 0.15) is 17.0 Å². The molecule has 0 spiro atoms. The van der Waals surface area contributed by atoms with Crippen LogP contribution in [0.2, 0.25) is 5.02 Å². The van der Waals surface area contributed by atoms with E-state index < -0.39 is 0 Å². The summed E-state index contributed by atoms with van der Waals surface area (Å²) in [6.07, 6.45) is 0. The molecule has 3 rings (SSSR count). The molecule has 0 aliphatic rings. The van der Waals surface area contributed by atoms with E-state index in [4.69, 9.17) is 22.1 Å². The van der Waals surface area contributed by atoms with Gasteiger partial charge in [0.2, 0.25) is 0 Å². The van der Waals surface area contributed by atoms with Gasteiger partial charge in [0.15, 0.2) is 5.75 Å². The third-order valence-electron chi connectivity index (χ3n) is 2.56. The van der Waals surface area contributed by atoms with E-state index in [0.29, 0.717) is 22.2 Å². The predicted octanol–water partition coefficient (Wildman–Crippen LogP) is 4.32. The summed E-state index contributed by atoms with van der Waals surface area (Å²) >= 11 is 7.59. The average molecular weight is 277 g/mol. The molecular weight excluding hydrogens is 268 g/mol. The number of thiazole rings is 1. The Hall–Kier alpha value is -1.78. The van der Waals surface area contributed by atoms with E-state index >= 15 is 0 Å². The van der Waals surface area contributed by atoms with Crippen LogP contribution in [-0.2, 0) is 0 Å². The second kappa shape index (κ2) is 4.48. The molecule has 3 aromatic rings. The molecule has 1 aromatic heterocycles. The summed E-state index contributed by atoms with van der Waals surface area (Å²) < 4.78 is 6.77. The molecule has 0 saturated carbocycles. The Kier molecular flexibility index (Phi) is 2.81. The second-order valence-electron chi connectivity index (χ2n) is 3.71. The summed E-state index contributed by atoms with van der Waals surface area (Å²) in [4.78, 5) is 4.22. The fraction of sp³-hybridized carbons (Fsp3) is 0. The number of aromatic nitrogens is 1. The summed E-state index contributed by atoms with van der Waals surface area (Å²) in [5, 5.41) is 0.551. The average Bonchev–Trinajstić information content (AvgIpc) is 2.84. The molecule has 0 aliphatic carbocycles. The van der Waals surface area contributed by atoms with E-state index in [2.05, 4.69) is 4.98 Å². The highest BCUT2D eigenvalue weighted by molar-refractivity contribution is 7.16. The Balaban J connectivity index is 2.05. The molecule has 0 atom stereocenters. The van der Waals surface area contributed by atoms with E-state index in [1.165, 1.54) is 0 Å². The van der Waals surface area contributed by atoms with Gasteiger partial charge in [0.05, 0.1) is 15.2 Å². The van der Waals surface area contributed by atoms with Crippen LogP contribution in [0.4, 0.5) is 5.69 Å². The van der Waals surface area contributed by atoms with E-state index in [1.807, 2.05) is 24.3 Å². The molecule has 0 saturated heterocycles. The lowest BCUT2D eigenvalue weighted by Crippen LogP contribution is -1.93. The quantitative estimate of drug-likeness (QED) is 0.709. The van der Waals surface area contributed by atoms with Crippen molar-refractivity contribution >= 4 is 38.8 Å². The minimum absolute atomic E-state index is 0.536. The monoisotopic (exact) mass is 276 g/mol. The van der Waals surface area contributed by atoms with Crippen LogP contribution in [0.15, 0.2) is 41.9 Å². The number of fused-ring (bicyclic) bond motifs is 1. The molecule has 3 nitrogen and oxygen atoms in total. The number of benzene rings is 2. The first-order valence-electron chi connectivity index (χ1n) is 5.30. The standard InChI is InChI=1S/C13H9ClN2OS/c14-8-3-1-2-4-9(8)17-10-5-6-11-13(12(10)15)16-7-18-11/h1-7H,15H2. The number of para-hydroxylation sites is 1. The molecule has 0 fully saturated rings. The first-order chi connectivity index (χ1) is 8.75. The number of halogens is 1. The zero-order chi connectivity index (χ0) is 12.5. The molecule has 1 heterocycles. The van der Waals surface area contributed by atoms with E-state index in [1.54, 1.807) is 29.0 Å². The second-order valence-corrected chi connectivity index (χ2v) is 5.00. The molecule has 2 N–H and O–H groups in total. The Bertz CT molecular complexity index is 711. The SMILES string of the molecule is Nc1c(Oc2ccccc2Cl)ccc2scnc12. The van der Waals surface area contributed by atoms with Gasteiger partial charge in [-0.3, -0.25) is 0 Å². The van der Waals surface area contributed by atoms with Gasteiger partial charge in [0.25, 0.3) is 0 Å². The van der Waals surface area contributed by atoms with Gasteiger partial charge >= 0.3 is 0 Å². The van der Waals surface area contributed by atoms with Crippen LogP contribution in [0.1, 0.15) is 0 Å². The lowest BCUT2D eigenvalue weighted by atomic mass is 10.2. The lowest BCUT2D eigenvalue weighted by Gasteiger charge is -2.09. The summed E-state index contributed by atoms with van der Waals surface area (Å²) in [6.45, 7) is 0. The van der Waals surface area contributed by atoms with Crippen LogP contribution in [0.25, 0.3) is 10.2 Å². The van der Waals surface area contributed by atoms with Gasteiger partial charge in [-0.1, -0.05) is 23.7 Å². The third-order valence-corrected chi connectivity index (χ3v) is 3.66. The molecule has 0 amide bonds. The van der Waals surface area contributed by atoms with E-state index in [-0.39, 0.29) is 0 Å². The van der Waals surface area contributed by atoms with Crippen molar-refractivity contribution in [1.82, 2.24) is 4.98 Å². The van der Waals surface area contributed by atoms with E-state index in [0.717, 1.165) is 10.2 Å². The van der Waals surface area contributed by atoms with Crippen molar-refractivity contribution in [3.8, 4) is 11.5 Å². The largest absolute Gasteiger partial charge is 0.454 e. The molecule has 0 aliphatic heterocycles. The number of hydrogen-bond donors (Lipinski definition) is 1. The molecule has 18 heavy (non-hydrogen) atoms. The summed E-state index contributed by atoms with van der Waals surface area (Å²) in [6, 6.07) is 11.1. The highest BCUT2D eigenvalue weighted by atomic mass is 35.5. The van der Waals surface area contributed by atoms with Gasteiger partial charge in [-0.25, -0.2) is 4.98 Å². The smallest absolute Gasteiger partial charge is 0.152 e. The Morgan fingerprint density at radius 2 is 1.94 bits per heavy atom. The van der Waals surface area contributed by atoms with Gasteiger partial charge < -0.3 is 10.5 Å². The highest BCUT2D eigenvalue weighted by Crippen LogP contribution is 2.36. The minimum atomic E-state index is 0.536. The van der Waals surface area contributed by atoms with Gasteiger partial charge in [-0.05, 0) is 24.3 Å². The Morgan fingerprint density at radius 3 is 2.78 bits per heavy atom. The lowest BCUT2D eigenvalue weighted by molar-refractivity contribution is 0.486.